The van der Waals surface area contributed by atoms with Crippen LogP contribution in [0.2, 0.25) is 0 Å². The van der Waals surface area contributed by atoms with Gasteiger partial charge in [-0.25, -0.2) is 0 Å². The van der Waals surface area contributed by atoms with Crippen LogP contribution in [0.25, 0.3) is 0 Å². The number of benzene rings is 1. The Morgan fingerprint density at radius 1 is 1.24 bits per heavy atom. The van der Waals surface area contributed by atoms with Crippen LogP contribution in [0.4, 0.5) is 0 Å². The number of hydrogen-bond acceptors (Lipinski definition) is 3. The Morgan fingerprint density at radius 2 is 2.10 bits per heavy atom. The van der Waals surface area contributed by atoms with Crippen molar-refractivity contribution in [1.29, 1.82) is 0 Å². The SMILES string of the molecule is CCc1ccc(OCCNC2CCCC(C)C2)c(OC)c1. The summed E-state index contributed by atoms with van der Waals surface area (Å²) < 4.78 is 11.3. The Bertz CT molecular complexity index is 433. The summed E-state index contributed by atoms with van der Waals surface area (Å²) in [6, 6.07) is 6.85. The summed E-state index contributed by atoms with van der Waals surface area (Å²) in [6.07, 6.45) is 6.35. The van der Waals surface area contributed by atoms with E-state index in [2.05, 4.69) is 31.3 Å². The Balaban J connectivity index is 1.75. The molecular formula is C18H29NO2. The molecule has 0 radical (unpaired) electrons. The molecule has 2 atom stereocenters. The maximum absolute atomic E-state index is 5.86. The van der Waals surface area contributed by atoms with Crippen molar-refractivity contribution >= 4 is 0 Å². The van der Waals surface area contributed by atoms with Crippen molar-refractivity contribution < 1.29 is 9.47 Å². The molecule has 1 aliphatic rings. The quantitative estimate of drug-likeness (QED) is 0.775. The lowest BCUT2D eigenvalue weighted by atomic mass is 9.87. The molecule has 1 fully saturated rings. The molecule has 21 heavy (non-hydrogen) atoms. The van der Waals surface area contributed by atoms with Crippen LogP contribution < -0.4 is 14.8 Å². The first-order valence-electron chi connectivity index (χ1n) is 8.26. The van der Waals surface area contributed by atoms with Crippen LogP contribution in [0.5, 0.6) is 11.5 Å². The average Bonchev–Trinajstić information content (AvgIpc) is 2.51. The molecule has 1 aromatic rings. The zero-order chi connectivity index (χ0) is 15.1. The zero-order valence-electron chi connectivity index (χ0n) is 13.7. The molecule has 1 N–H and O–H groups in total. The third-order valence-corrected chi connectivity index (χ3v) is 4.37. The molecule has 3 heteroatoms. The van der Waals surface area contributed by atoms with Crippen LogP contribution in [0.3, 0.4) is 0 Å². The summed E-state index contributed by atoms with van der Waals surface area (Å²) >= 11 is 0. The monoisotopic (exact) mass is 291 g/mol. The van der Waals surface area contributed by atoms with Gasteiger partial charge >= 0.3 is 0 Å². The standard InChI is InChI=1S/C18H29NO2/c1-4-15-8-9-17(18(13-15)20-3)21-11-10-19-16-7-5-6-14(2)12-16/h8-9,13-14,16,19H,4-7,10-12H2,1-3H3. The van der Waals surface area contributed by atoms with E-state index in [0.29, 0.717) is 12.6 Å². The molecule has 2 unspecified atom stereocenters. The predicted octanol–water partition coefficient (Wildman–Crippen LogP) is 3.80. The van der Waals surface area contributed by atoms with Crippen molar-refractivity contribution in [3.8, 4) is 11.5 Å². The van der Waals surface area contributed by atoms with E-state index in [1.54, 1.807) is 7.11 Å². The van der Waals surface area contributed by atoms with E-state index in [9.17, 15) is 0 Å². The first-order valence-corrected chi connectivity index (χ1v) is 8.26. The Morgan fingerprint density at radius 3 is 2.81 bits per heavy atom. The van der Waals surface area contributed by atoms with Gasteiger partial charge in [0.1, 0.15) is 6.61 Å². The highest BCUT2D eigenvalue weighted by Crippen LogP contribution is 2.28. The Kier molecular flexibility index (Phi) is 6.37. The minimum atomic E-state index is 0.668. The molecule has 0 heterocycles. The zero-order valence-corrected chi connectivity index (χ0v) is 13.7. The van der Waals surface area contributed by atoms with Gasteiger partial charge in [0, 0.05) is 12.6 Å². The fourth-order valence-electron chi connectivity index (χ4n) is 3.09. The van der Waals surface area contributed by atoms with E-state index in [4.69, 9.17) is 9.47 Å². The van der Waals surface area contributed by atoms with Crippen LogP contribution in [0, 0.1) is 5.92 Å². The molecule has 2 rings (SSSR count). The van der Waals surface area contributed by atoms with Crippen LogP contribution >= 0.6 is 0 Å². The molecule has 0 aromatic heterocycles. The maximum Gasteiger partial charge on any atom is 0.161 e. The van der Waals surface area contributed by atoms with Gasteiger partial charge in [-0.2, -0.15) is 0 Å². The van der Waals surface area contributed by atoms with Crippen LogP contribution in [0.1, 0.15) is 45.1 Å². The summed E-state index contributed by atoms with van der Waals surface area (Å²) in [5.74, 6) is 2.54. The van der Waals surface area contributed by atoms with Crippen LogP contribution in [-0.4, -0.2) is 26.3 Å². The van der Waals surface area contributed by atoms with Crippen molar-refractivity contribution in [3.05, 3.63) is 23.8 Å². The van der Waals surface area contributed by atoms with E-state index < -0.39 is 0 Å². The fraction of sp³-hybridized carbons (Fsp3) is 0.667. The molecule has 118 valence electrons. The number of aryl methyl sites for hydroxylation is 1. The van der Waals surface area contributed by atoms with Gasteiger partial charge in [0.15, 0.2) is 11.5 Å². The third kappa shape index (κ3) is 4.92. The van der Waals surface area contributed by atoms with Gasteiger partial charge in [-0.05, 0) is 42.9 Å². The Hall–Kier alpha value is -1.22. The van der Waals surface area contributed by atoms with Crippen molar-refractivity contribution in [1.82, 2.24) is 5.32 Å². The molecule has 3 nitrogen and oxygen atoms in total. The highest BCUT2D eigenvalue weighted by Gasteiger charge is 2.17. The van der Waals surface area contributed by atoms with Gasteiger partial charge in [0.05, 0.1) is 7.11 Å². The summed E-state index contributed by atoms with van der Waals surface area (Å²) in [7, 11) is 1.70. The van der Waals surface area contributed by atoms with Gasteiger partial charge in [-0.3, -0.25) is 0 Å². The molecule has 0 spiro atoms. The lowest BCUT2D eigenvalue weighted by Gasteiger charge is -2.27. The molecule has 1 saturated carbocycles. The lowest BCUT2D eigenvalue weighted by Crippen LogP contribution is -2.36. The first kappa shape index (κ1) is 16.2. The summed E-state index contributed by atoms with van der Waals surface area (Å²) in [5, 5.41) is 3.62. The first-order chi connectivity index (χ1) is 10.2. The van der Waals surface area contributed by atoms with E-state index in [1.165, 1.54) is 31.2 Å². The minimum Gasteiger partial charge on any atom is -0.493 e. The van der Waals surface area contributed by atoms with E-state index in [1.807, 2.05) is 6.07 Å². The molecule has 0 bridgehead atoms. The second-order valence-corrected chi connectivity index (χ2v) is 6.11. The molecule has 0 aliphatic heterocycles. The summed E-state index contributed by atoms with van der Waals surface area (Å²) in [4.78, 5) is 0. The van der Waals surface area contributed by atoms with Gasteiger partial charge in [0.2, 0.25) is 0 Å². The van der Waals surface area contributed by atoms with Crippen molar-refractivity contribution in [2.75, 3.05) is 20.3 Å². The molecule has 0 amide bonds. The van der Waals surface area contributed by atoms with Gasteiger partial charge < -0.3 is 14.8 Å². The highest BCUT2D eigenvalue weighted by atomic mass is 16.5. The Labute approximate surface area is 129 Å². The summed E-state index contributed by atoms with van der Waals surface area (Å²) in [6.45, 7) is 6.08. The smallest absolute Gasteiger partial charge is 0.161 e. The number of hydrogen-bond donors (Lipinski definition) is 1. The van der Waals surface area contributed by atoms with Crippen molar-refractivity contribution in [3.63, 3.8) is 0 Å². The molecule has 1 aliphatic carbocycles. The number of methoxy groups -OCH3 is 1. The molecular weight excluding hydrogens is 262 g/mol. The fourth-order valence-corrected chi connectivity index (χ4v) is 3.09. The van der Waals surface area contributed by atoms with E-state index in [0.717, 1.165) is 30.4 Å². The second kappa shape index (κ2) is 8.28. The number of ether oxygens (including phenoxy) is 2. The van der Waals surface area contributed by atoms with Gasteiger partial charge in [-0.1, -0.05) is 32.8 Å². The van der Waals surface area contributed by atoms with Crippen LogP contribution in [0.15, 0.2) is 18.2 Å². The highest BCUT2D eigenvalue weighted by molar-refractivity contribution is 5.42. The summed E-state index contributed by atoms with van der Waals surface area (Å²) in [5.41, 5.74) is 1.27. The predicted molar refractivity (Wildman–Crippen MR) is 87.3 cm³/mol. The van der Waals surface area contributed by atoms with E-state index >= 15 is 0 Å². The topological polar surface area (TPSA) is 30.5 Å². The van der Waals surface area contributed by atoms with Crippen molar-refractivity contribution in [2.45, 2.75) is 52.0 Å². The molecule has 0 saturated heterocycles. The van der Waals surface area contributed by atoms with Gasteiger partial charge in [0.25, 0.3) is 0 Å². The minimum absolute atomic E-state index is 0.668. The lowest BCUT2D eigenvalue weighted by molar-refractivity contribution is 0.259. The second-order valence-electron chi connectivity index (χ2n) is 6.11. The van der Waals surface area contributed by atoms with E-state index in [-0.39, 0.29) is 0 Å². The third-order valence-electron chi connectivity index (χ3n) is 4.37. The van der Waals surface area contributed by atoms with Crippen molar-refractivity contribution in [2.24, 2.45) is 5.92 Å². The number of nitrogens with one attached hydrogen (secondary N) is 1. The van der Waals surface area contributed by atoms with Crippen LogP contribution in [-0.2, 0) is 6.42 Å². The largest absolute Gasteiger partial charge is 0.493 e. The normalized spacial score (nSPS) is 22.0. The average molecular weight is 291 g/mol. The maximum atomic E-state index is 5.86. The molecule has 1 aromatic carbocycles. The number of rotatable bonds is 7. The van der Waals surface area contributed by atoms with Gasteiger partial charge in [-0.15, -0.1) is 0 Å².